The average molecular weight is 343 g/mol. The number of halogens is 1. The molecular formula is C15H23ClN4OS. The van der Waals surface area contributed by atoms with Crippen molar-refractivity contribution in [2.75, 3.05) is 13.1 Å². The third-order valence-corrected chi connectivity index (χ3v) is 5.23. The van der Waals surface area contributed by atoms with E-state index in [2.05, 4.69) is 18.9 Å². The Labute approximate surface area is 140 Å². The van der Waals surface area contributed by atoms with Crippen LogP contribution in [0.5, 0.6) is 0 Å². The van der Waals surface area contributed by atoms with Crippen LogP contribution in [0.15, 0.2) is 6.07 Å². The van der Waals surface area contributed by atoms with Crippen molar-refractivity contribution >= 4 is 39.9 Å². The van der Waals surface area contributed by atoms with Gasteiger partial charge in [-0.2, -0.15) is 5.10 Å². The van der Waals surface area contributed by atoms with E-state index in [4.69, 9.17) is 5.73 Å². The van der Waals surface area contributed by atoms with Gasteiger partial charge in [0.05, 0.1) is 10.6 Å². The maximum atomic E-state index is 12.7. The second-order valence-electron chi connectivity index (χ2n) is 6.15. The predicted octanol–water partition coefficient (Wildman–Crippen LogP) is 2.74. The number of likely N-dealkylation sites (tertiary alicyclic amines) is 1. The van der Waals surface area contributed by atoms with Crippen molar-refractivity contribution in [3.63, 3.8) is 0 Å². The Morgan fingerprint density at radius 1 is 1.50 bits per heavy atom. The number of aromatic nitrogens is 2. The Hall–Kier alpha value is -1.11. The fraction of sp³-hybridized carbons (Fsp3) is 0.600. The first-order valence-electron chi connectivity index (χ1n) is 7.48. The van der Waals surface area contributed by atoms with E-state index in [1.807, 2.05) is 22.7 Å². The molecule has 0 bridgehead atoms. The molecule has 0 aliphatic carbocycles. The van der Waals surface area contributed by atoms with Crippen LogP contribution in [0.3, 0.4) is 0 Å². The molecule has 5 nitrogen and oxygen atoms in total. The number of fused-ring (bicyclic) bond motifs is 1. The standard InChI is InChI=1S/C15H22N4OS.ClH/c1-9(2)13-11-7-12(21-15(11)18(3)17-13)14(20)19-6-4-5-10(16)8-19;/h7,9-10H,4-6,8,16H2,1-3H3;1H. The zero-order valence-electron chi connectivity index (χ0n) is 13.2. The van der Waals surface area contributed by atoms with Crippen LogP contribution < -0.4 is 5.73 Å². The fourth-order valence-electron chi connectivity index (χ4n) is 2.95. The quantitative estimate of drug-likeness (QED) is 0.912. The lowest BCUT2D eigenvalue weighted by atomic mass is 10.1. The molecule has 1 saturated heterocycles. The van der Waals surface area contributed by atoms with Gasteiger partial charge in [0.15, 0.2) is 0 Å². The zero-order chi connectivity index (χ0) is 15.1. The van der Waals surface area contributed by atoms with Crippen molar-refractivity contribution in [1.29, 1.82) is 0 Å². The molecule has 1 fully saturated rings. The first-order chi connectivity index (χ1) is 9.97. The molecule has 0 aromatic carbocycles. The highest BCUT2D eigenvalue weighted by Gasteiger charge is 2.25. The van der Waals surface area contributed by atoms with E-state index in [1.54, 1.807) is 0 Å². The number of amides is 1. The van der Waals surface area contributed by atoms with Crippen molar-refractivity contribution in [2.24, 2.45) is 12.8 Å². The summed E-state index contributed by atoms with van der Waals surface area (Å²) >= 11 is 1.53. The number of rotatable bonds is 2. The van der Waals surface area contributed by atoms with Gasteiger partial charge in [0.25, 0.3) is 5.91 Å². The van der Waals surface area contributed by atoms with E-state index in [9.17, 15) is 4.79 Å². The minimum Gasteiger partial charge on any atom is -0.336 e. The molecule has 0 saturated carbocycles. The van der Waals surface area contributed by atoms with Crippen molar-refractivity contribution in [2.45, 2.75) is 38.6 Å². The van der Waals surface area contributed by atoms with Crippen LogP contribution in [0.2, 0.25) is 0 Å². The lowest BCUT2D eigenvalue weighted by Crippen LogP contribution is -2.45. The van der Waals surface area contributed by atoms with Gasteiger partial charge in [-0.25, -0.2) is 0 Å². The molecule has 2 aromatic heterocycles. The van der Waals surface area contributed by atoms with Gasteiger partial charge in [-0.1, -0.05) is 13.8 Å². The number of aryl methyl sites for hydroxylation is 1. The van der Waals surface area contributed by atoms with Crippen molar-refractivity contribution in [3.8, 4) is 0 Å². The van der Waals surface area contributed by atoms with E-state index in [0.29, 0.717) is 12.5 Å². The minimum atomic E-state index is 0. The van der Waals surface area contributed by atoms with Gasteiger partial charge in [-0.15, -0.1) is 23.7 Å². The molecule has 22 heavy (non-hydrogen) atoms. The van der Waals surface area contributed by atoms with Crippen LogP contribution in [0, 0.1) is 0 Å². The molecule has 2 N–H and O–H groups in total. The minimum absolute atomic E-state index is 0. The second kappa shape index (κ2) is 6.56. The molecule has 3 rings (SSSR count). The number of nitrogens with two attached hydrogens (primary N) is 1. The van der Waals surface area contributed by atoms with E-state index >= 15 is 0 Å². The summed E-state index contributed by atoms with van der Waals surface area (Å²) in [4.78, 5) is 16.4. The third-order valence-electron chi connectivity index (χ3n) is 4.04. The summed E-state index contributed by atoms with van der Waals surface area (Å²) in [7, 11) is 1.94. The maximum absolute atomic E-state index is 12.7. The molecule has 0 radical (unpaired) electrons. The Morgan fingerprint density at radius 2 is 2.23 bits per heavy atom. The van der Waals surface area contributed by atoms with Crippen molar-refractivity contribution in [3.05, 3.63) is 16.6 Å². The Bertz CT molecular complexity index is 678. The fourth-order valence-corrected chi connectivity index (χ4v) is 4.00. The normalized spacial score (nSPS) is 18.8. The van der Waals surface area contributed by atoms with Gasteiger partial charge in [0, 0.05) is 31.6 Å². The molecule has 1 amide bonds. The first kappa shape index (κ1) is 17.2. The van der Waals surface area contributed by atoms with Gasteiger partial charge in [-0.05, 0) is 24.8 Å². The van der Waals surface area contributed by atoms with E-state index < -0.39 is 0 Å². The Morgan fingerprint density at radius 3 is 2.86 bits per heavy atom. The topological polar surface area (TPSA) is 64.2 Å². The Kier molecular flexibility index (Phi) is 5.14. The molecule has 1 atom stereocenters. The third kappa shape index (κ3) is 3.00. The SMILES string of the molecule is CC(C)c1nn(C)c2sc(C(=O)N3CCCC(N)C3)cc12.Cl. The largest absolute Gasteiger partial charge is 0.336 e. The summed E-state index contributed by atoms with van der Waals surface area (Å²) in [5.41, 5.74) is 7.05. The van der Waals surface area contributed by atoms with Gasteiger partial charge >= 0.3 is 0 Å². The van der Waals surface area contributed by atoms with E-state index in [0.717, 1.165) is 40.2 Å². The molecule has 1 aliphatic rings. The second-order valence-corrected chi connectivity index (χ2v) is 7.18. The van der Waals surface area contributed by atoms with Gasteiger partial charge in [-0.3, -0.25) is 9.48 Å². The maximum Gasteiger partial charge on any atom is 0.264 e. The van der Waals surface area contributed by atoms with Crippen LogP contribution >= 0.6 is 23.7 Å². The molecule has 1 unspecified atom stereocenters. The highest BCUT2D eigenvalue weighted by molar-refractivity contribution is 7.20. The summed E-state index contributed by atoms with van der Waals surface area (Å²) in [5.74, 6) is 0.468. The lowest BCUT2D eigenvalue weighted by Gasteiger charge is -2.30. The molecular weight excluding hydrogens is 320 g/mol. The molecule has 1 aliphatic heterocycles. The number of hydrogen-bond donors (Lipinski definition) is 1. The summed E-state index contributed by atoms with van der Waals surface area (Å²) in [6.45, 7) is 5.74. The number of hydrogen-bond acceptors (Lipinski definition) is 4. The summed E-state index contributed by atoms with van der Waals surface area (Å²) < 4.78 is 1.88. The molecule has 2 aromatic rings. The average Bonchev–Trinajstić information content (AvgIpc) is 2.99. The summed E-state index contributed by atoms with van der Waals surface area (Å²) in [6, 6.07) is 2.12. The highest BCUT2D eigenvalue weighted by Crippen LogP contribution is 2.32. The first-order valence-corrected chi connectivity index (χ1v) is 8.30. The van der Waals surface area contributed by atoms with Crippen LogP contribution in [-0.2, 0) is 7.05 Å². The summed E-state index contributed by atoms with van der Waals surface area (Å²) in [6.07, 6.45) is 2.01. The number of thiophene rings is 1. The number of piperidine rings is 1. The smallest absolute Gasteiger partial charge is 0.264 e. The van der Waals surface area contributed by atoms with E-state index in [1.165, 1.54) is 11.3 Å². The van der Waals surface area contributed by atoms with Crippen molar-refractivity contribution in [1.82, 2.24) is 14.7 Å². The molecule has 7 heteroatoms. The number of nitrogens with zero attached hydrogens (tertiary/aromatic N) is 3. The molecule has 0 spiro atoms. The van der Waals surface area contributed by atoms with Gasteiger partial charge in [0.2, 0.25) is 0 Å². The van der Waals surface area contributed by atoms with E-state index in [-0.39, 0.29) is 24.4 Å². The highest BCUT2D eigenvalue weighted by atomic mass is 35.5. The zero-order valence-corrected chi connectivity index (χ0v) is 14.8. The lowest BCUT2D eigenvalue weighted by molar-refractivity contribution is 0.0714. The van der Waals surface area contributed by atoms with Gasteiger partial charge in [0.1, 0.15) is 4.83 Å². The Balaban J connectivity index is 0.00000176. The van der Waals surface area contributed by atoms with Crippen LogP contribution in [0.4, 0.5) is 0 Å². The summed E-state index contributed by atoms with van der Waals surface area (Å²) in [5, 5.41) is 5.67. The van der Waals surface area contributed by atoms with Gasteiger partial charge < -0.3 is 10.6 Å². The van der Waals surface area contributed by atoms with Crippen molar-refractivity contribution < 1.29 is 4.79 Å². The number of carbonyl (C=O) groups excluding carboxylic acids is 1. The monoisotopic (exact) mass is 342 g/mol. The molecule has 122 valence electrons. The van der Waals surface area contributed by atoms with Crippen LogP contribution in [-0.4, -0.2) is 39.7 Å². The van der Waals surface area contributed by atoms with Crippen LogP contribution in [0.25, 0.3) is 10.2 Å². The molecule has 3 heterocycles. The number of carbonyl (C=O) groups is 1. The predicted molar refractivity (Wildman–Crippen MR) is 93.0 cm³/mol. The van der Waals surface area contributed by atoms with Crippen LogP contribution in [0.1, 0.15) is 48.0 Å².